The van der Waals surface area contributed by atoms with Crippen LogP contribution in [0, 0.1) is 5.82 Å². The third-order valence-corrected chi connectivity index (χ3v) is 6.43. The Kier molecular flexibility index (Phi) is 7.71. The van der Waals surface area contributed by atoms with Crippen molar-refractivity contribution in [1.29, 1.82) is 0 Å². The first-order chi connectivity index (χ1) is 16.0. The summed E-state index contributed by atoms with van der Waals surface area (Å²) in [5, 5.41) is 15.4. The fourth-order valence-electron chi connectivity index (χ4n) is 3.83. The zero-order chi connectivity index (χ0) is 23.4. The monoisotopic (exact) mass is 494 g/mol. The third-order valence-electron chi connectivity index (χ3n) is 5.32. The number of rotatable bonds is 7. The van der Waals surface area contributed by atoms with E-state index in [1.165, 1.54) is 29.5 Å². The number of aliphatic imine (C=N–C) groups is 1. The van der Waals surface area contributed by atoms with E-state index < -0.39 is 17.8 Å². The van der Waals surface area contributed by atoms with Crippen LogP contribution in [-0.4, -0.2) is 72.4 Å². The first-order valence-electron chi connectivity index (χ1n) is 10.5. The first kappa shape index (κ1) is 23.8. The lowest BCUT2D eigenvalue weighted by atomic mass is 9.95. The van der Waals surface area contributed by atoms with Crippen LogP contribution in [-0.2, 0) is 14.3 Å². The summed E-state index contributed by atoms with van der Waals surface area (Å²) < 4.78 is 24.7. The molecule has 1 aromatic heterocycles. The Labute approximate surface area is 199 Å². The second-order valence-corrected chi connectivity index (χ2v) is 8.83. The van der Waals surface area contributed by atoms with Crippen molar-refractivity contribution >= 4 is 34.7 Å². The molecule has 1 fully saturated rings. The number of nitrogens with zero attached hydrogens (tertiary/aromatic N) is 3. The fraction of sp³-hybridized carbons (Fsp3) is 0.409. The second-order valence-electron chi connectivity index (χ2n) is 7.53. The maximum absolute atomic E-state index is 13.8. The summed E-state index contributed by atoms with van der Waals surface area (Å²) in [6.45, 7) is 3.79. The minimum Gasteiger partial charge on any atom is -0.463 e. The molecule has 176 valence electrons. The molecule has 1 saturated heterocycles. The number of thiazole rings is 1. The zero-order valence-electron chi connectivity index (χ0n) is 18.0. The maximum atomic E-state index is 13.8. The average Bonchev–Trinajstić information content (AvgIpc) is 3.34. The third kappa shape index (κ3) is 5.42. The van der Waals surface area contributed by atoms with E-state index in [1.54, 1.807) is 13.1 Å². The van der Waals surface area contributed by atoms with Gasteiger partial charge in [-0.15, -0.1) is 11.3 Å². The van der Waals surface area contributed by atoms with Gasteiger partial charge in [-0.2, -0.15) is 0 Å². The van der Waals surface area contributed by atoms with Gasteiger partial charge in [0, 0.05) is 47.5 Å². The second kappa shape index (κ2) is 10.7. The largest absolute Gasteiger partial charge is 0.463 e. The molecule has 33 heavy (non-hydrogen) atoms. The van der Waals surface area contributed by atoms with Gasteiger partial charge in [0.1, 0.15) is 11.9 Å². The number of amidine groups is 1. The quantitative estimate of drug-likeness (QED) is 0.571. The normalized spacial score (nSPS) is 21.5. The van der Waals surface area contributed by atoms with Crippen molar-refractivity contribution in [3.63, 3.8) is 0 Å². The van der Waals surface area contributed by atoms with Crippen molar-refractivity contribution in [2.24, 2.45) is 4.99 Å². The van der Waals surface area contributed by atoms with E-state index in [-0.39, 0.29) is 24.3 Å². The van der Waals surface area contributed by atoms with E-state index in [0.717, 1.165) is 0 Å². The number of morpholine rings is 1. The van der Waals surface area contributed by atoms with Crippen molar-refractivity contribution in [2.75, 3.05) is 39.5 Å². The van der Waals surface area contributed by atoms with Gasteiger partial charge in [-0.25, -0.2) is 14.2 Å². The Hall–Kier alpha value is -2.37. The molecule has 0 amide bonds. The molecule has 2 N–H and O–H groups in total. The smallest absolute Gasteiger partial charge is 0.338 e. The number of benzene rings is 1. The molecule has 2 aliphatic rings. The molecular weight excluding hydrogens is 471 g/mol. The number of carbonyl (C=O) groups excluding carboxylic acids is 1. The maximum Gasteiger partial charge on any atom is 0.338 e. The predicted molar refractivity (Wildman–Crippen MR) is 123 cm³/mol. The highest BCUT2D eigenvalue weighted by Gasteiger charge is 2.35. The molecule has 4 rings (SSSR count). The Morgan fingerprint density at radius 3 is 3.03 bits per heavy atom. The van der Waals surface area contributed by atoms with E-state index in [1.807, 2.05) is 5.38 Å². The molecule has 8 nitrogen and oxygen atoms in total. The summed E-state index contributed by atoms with van der Waals surface area (Å²) in [6, 6.07) is 3.22. The summed E-state index contributed by atoms with van der Waals surface area (Å²) >= 11 is 7.79. The first-order valence-corrected chi connectivity index (χ1v) is 11.8. The highest BCUT2D eigenvalue weighted by atomic mass is 35.5. The Balaban J connectivity index is 1.79. The molecular formula is C22H24ClFN4O4S. The van der Waals surface area contributed by atoms with Gasteiger partial charge in [-0.05, 0) is 19.1 Å². The lowest BCUT2D eigenvalue weighted by Gasteiger charge is -2.35. The molecule has 0 saturated carbocycles. The van der Waals surface area contributed by atoms with Crippen LogP contribution in [0.4, 0.5) is 4.39 Å². The van der Waals surface area contributed by atoms with Crippen LogP contribution in [0.25, 0.3) is 0 Å². The zero-order valence-corrected chi connectivity index (χ0v) is 19.5. The number of esters is 1. The van der Waals surface area contributed by atoms with Crippen LogP contribution in [0.2, 0.25) is 5.02 Å². The topological polar surface area (TPSA) is 96.3 Å². The van der Waals surface area contributed by atoms with E-state index >= 15 is 0 Å². The van der Waals surface area contributed by atoms with Gasteiger partial charge >= 0.3 is 5.97 Å². The summed E-state index contributed by atoms with van der Waals surface area (Å²) in [7, 11) is 0. The summed E-state index contributed by atoms with van der Waals surface area (Å²) in [6.07, 6.45) is 1.37. The van der Waals surface area contributed by atoms with E-state index in [9.17, 15) is 14.3 Å². The fourth-order valence-corrected chi connectivity index (χ4v) is 4.68. The number of aliphatic hydroxyl groups is 1. The minimum absolute atomic E-state index is 0.0899. The molecule has 11 heteroatoms. The van der Waals surface area contributed by atoms with Gasteiger partial charge in [0.15, 0.2) is 10.8 Å². The van der Waals surface area contributed by atoms with Crippen molar-refractivity contribution in [2.45, 2.75) is 19.1 Å². The van der Waals surface area contributed by atoms with Crippen LogP contribution in [0.3, 0.4) is 0 Å². The predicted octanol–water partition coefficient (Wildman–Crippen LogP) is 2.54. The molecule has 0 radical (unpaired) electrons. The van der Waals surface area contributed by atoms with Crippen LogP contribution < -0.4 is 5.32 Å². The van der Waals surface area contributed by atoms with Crippen LogP contribution in [0.1, 0.15) is 23.5 Å². The number of hydrogen-bond donors (Lipinski definition) is 2. The number of hydrogen-bond acceptors (Lipinski definition) is 9. The average molecular weight is 495 g/mol. The molecule has 1 aromatic carbocycles. The molecule has 0 bridgehead atoms. The van der Waals surface area contributed by atoms with Gasteiger partial charge in [-0.1, -0.05) is 17.7 Å². The number of nitrogens with one attached hydrogen (secondary N) is 1. The van der Waals surface area contributed by atoms with Crippen LogP contribution >= 0.6 is 22.9 Å². The molecule has 2 aliphatic heterocycles. The molecule has 0 aliphatic carbocycles. The molecule has 2 aromatic rings. The van der Waals surface area contributed by atoms with Gasteiger partial charge in [0.2, 0.25) is 0 Å². The van der Waals surface area contributed by atoms with Crippen molar-refractivity contribution in [3.8, 4) is 0 Å². The van der Waals surface area contributed by atoms with Crippen molar-refractivity contribution in [1.82, 2.24) is 15.2 Å². The Morgan fingerprint density at radius 2 is 2.33 bits per heavy atom. The Morgan fingerprint density at radius 1 is 1.48 bits per heavy atom. The van der Waals surface area contributed by atoms with E-state index in [2.05, 4.69) is 15.2 Å². The minimum atomic E-state index is -0.804. The SMILES string of the molecule is CCOC(=O)C1=C(CN2CCOC(CO)C2)NC(c2nccs2)=NC1c1ccc(F)cc1Cl. The highest BCUT2D eigenvalue weighted by Crippen LogP contribution is 2.37. The molecule has 2 atom stereocenters. The number of aliphatic hydroxyl groups excluding tert-OH is 1. The number of ether oxygens (including phenoxy) is 2. The summed E-state index contributed by atoms with van der Waals surface area (Å²) in [5.74, 6) is -0.517. The van der Waals surface area contributed by atoms with Gasteiger partial charge in [-0.3, -0.25) is 9.89 Å². The molecule has 3 heterocycles. The summed E-state index contributed by atoms with van der Waals surface area (Å²) in [4.78, 5) is 24.3. The van der Waals surface area contributed by atoms with E-state index in [0.29, 0.717) is 53.9 Å². The van der Waals surface area contributed by atoms with Crippen LogP contribution in [0.15, 0.2) is 46.0 Å². The van der Waals surface area contributed by atoms with Crippen LogP contribution in [0.5, 0.6) is 0 Å². The van der Waals surface area contributed by atoms with Crippen molar-refractivity contribution in [3.05, 3.63) is 62.5 Å². The van der Waals surface area contributed by atoms with Gasteiger partial charge in [0.25, 0.3) is 0 Å². The van der Waals surface area contributed by atoms with E-state index in [4.69, 9.17) is 26.1 Å². The highest BCUT2D eigenvalue weighted by molar-refractivity contribution is 7.11. The number of carbonyl (C=O) groups is 1. The molecule has 0 spiro atoms. The standard InChI is InChI=1S/C22H24ClFN4O4S/c1-2-31-22(30)18-17(11-28-6-7-32-14(10-28)12-29)26-20(21-25-5-8-33-21)27-19(18)15-4-3-13(24)9-16(15)23/h3-5,8-9,14,19,29H,2,6-7,10-12H2,1H3,(H,26,27). The van der Waals surface area contributed by atoms with Gasteiger partial charge < -0.3 is 19.9 Å². The van der Waals surface area contributed by atoms with Gasteiger partial charge in [0.05, 0.1) is 31.5 Å². The van der Waals surface area contributed by atoms with Crippen molar-refractivity contribution < 1.29 is 23.8 Å². The molecule has 2 unspecified atom stereocenters. The Bertz CT molecular complexity index is 1060. The number of halogens is 2. The summed E-state index contributed by atoms with van der Waals surface area (Å²) in [5.41, 5.74) is 1.39. The lowest BCUT2D eigenvalue weighted by Crippen LogP contribution is -2.47. The number of aromatic nitrogens is 1. The lowest BCUT2D eigenvalue weighted by molar-refractivity contribution is -0.139.